The first-order chi connectivity index (χ1) is 14.6. The molecule has 1 aliphatic rings. The van der Waals surface area contributed by atoms with Crippen molar-refractivity contribution < 1.29 is 0 Å². The SMILES string of the molecule is CC(C)c1cc(-c2c(C(C)(C)C)ccc3c2C=C(c2ccccc2)C3)cc(C(C)C)c1. The highest BCUT2D eigenvalue weighted by Crippen LogP contribution is 2.44. The topological polar surface area (TPSA) is 0 Å². The second-order valence-electron chi connectivity index (χ2n) is 10.7. The summed E-state index contributed by atoms with van der Waals surface area (Å²) in [7, 11) is 0. The first-order valence-corrected chi connectivity index (χ1v) is 11.7. The highest BCUT2D eigenvalue weighted by Gasteiger charge is 2.26. The molecule has 0 amide bonds. The van der Waals surface area contributed by atoms with Crippen LogP contribution in [0, 0.1) is 0 Å². The lowest BCUT2D eigenvalue weighted by molar-refractivity contribution is 0.591. The molecule has 0 bridgehead atoms. The minimum Gasteiger partial charge on any atom is -0.0622 e. The Hall–Kier alpha value is -2.60. The number of rotatable bonds is 4. The second kappa shape index (κ2) is 8.15. The van der Waals surface area contributed by atoms with Crippen LogP contribution in [0.4, 0.5) is 0 Å². The molecule has 0 fully saturated rings. The van der Waals surface area contributed by atoms with Crippen LogP contribution in [0.2, 0.25) is 0 Å². The van der Waals surface area contributed by atoms with E-state index in [1.807, 2.05) is 0 Å². The van der Waals surface area contributed by atoms with Gasteiger partial charge in [0.15, 0.2) is 0 Å². The summed E-state index contributed by atoms with van der Waals surface area (Å²) in [5, 5.41) is 0. The van der Waals surface area contributed by atoms with Crippen molar-refractivity contribution in [3.8, 4) is 11.1 Å². The molecule has 160 valence electrons. The van der Waals surface area contributed by atoms with Gasteiger partial charge in [-0.1, -0.05) is 109 Å². The Balaban J connectivity index is 1.99. The van der Waals surface area contributed by atoms with Crippen molar-refractivity contribution in [2.24, 2.45) is 0 Å². The molecule has 1 aliphatic carbocycles. The van der Waals surface area contributed by atoms with Gasteiger partial charge in [0.2, 0.25) is 0 Å². The standard InChI is InChI=1S/C31H36/c1-20(2)24-16-25(21(3)4)18-27(17-24)30-28-19-26(22-11-9-8-10-12-22)15-23(28)13-14-29(30)31(5,6)7/h8-14,16-21H,15H2,1-7H3. The summed E-state index contributed by atoms with van der Waals surface area (Å²) in [5.74, 6) is 1.03. The Labute approximate surface area is 189 Å². The first kappa shape index (κ1) is 21.6. The minimum atomic E-state index is 0.0829. The Bertz CT molecular complexity index is 1090. The largest absolute Gasteiger partial charge is 0.0622 e. The van der Waals surface area contributed by atoms with Crippen molar-refractivity contribution in [3.63, 3.8) is 0 Å². The average molecular weight is 409 g/mol. The molecular weight excluding hydrogens is 372 g/mol. The van der Waals surface area contributed by atoms with Gasteiger partial charge in [0, 0.05) is 0 Å². The maximum absolute atomic E-state index is 2.45. The Morgan fingerprint density at radius 2 is 1.32 bits per heavy atom. The van der Waals surface area contributed by atoms with E-state index in [-0.39, 0.29) is 5.41 Å². The van der Waals surface area contributed by atoms with Gasteiger partial charge in [0.25, 0.3) is 0 Å². The fourth-order valence-electron chi connectivity index (χ4n) is 4.67. The predicted molar refractivity (Wildman–Crippen MR) is 137 cm³/mol. The van der Waals surface area contributed by atoms with Crippen molar-refractivity contribution in [1.82, 2.24) is 0 Å². The van der Waals surface area contributed by atoms with Gasteiger partial charge < -0.3 is 0 Å². The molecule has 3 aromatic rings. The molecule has 0 spiro atoms. The lowest BCUT2D eigenvalue weighted by Gasteiger charge is -2.26. The van der Waals surface area contributed by atoms with Gasteiger partial charge >= 0.3 is 0 Å². The normalized spacial score (nSPS) is 13.6. The van der Waals surface area contributed by atoms with E-state index in [1.165, 1.54) is 50.1 Å². The zero-order valence-corrected chi connectivity index (χ0v) is 20.2. The number of benzene rings is 3. The maximum Gasteiger partial charge on any atom is -0.00134 e. The third-order valence-corrected chi connectivity index (χ3v) is 6.59. The molecule has 3 aromatic carbocycles. The van der Waals surface area contributed by atoms with Crippen molar-refractivity contribution >= 4 is 11.6 Å². The van der Waals surface area contributed by atoms with Crippen LogP contribution < -0.4 is 0 Å². The highest BCUT2D eigenvalue weighted by molar-refractivity contribution is 5.95. The second-order valence-corrected chi connectivity index (χ2v) is 10.7. The summed E-state index contributed by atoms with van der Waals surface area (Å²) in [6.07, 6.45) is 3.46. The van der Waals surface area contributed by atoms with Gasteiger partial charge in [-0.2, -0.15) is 0 Å². The van der Waals surface area contributed by atoms with Crippen LogP contribution in [-0.4, -0.2) is 0 Å². The van der Waals surface area contributed by atoms with E-state index in [0.29, 0.717) is 11.8 Å². The molecular formula is C31H36. The molecule has 0 nitrogen and oxygen atoms in total. The number of allylic oxidation sites excluding steroid dienone is 1. The van der Waals surface area contributed by atoms with Crippen molar-refractivity contribution in [2.45, 2.75) is 72.1 Å². The lowest BCUT2D eigenvalue weighted by atomic mass is 9.78. The smallest absolute Gasteiger partial charge is 0.00134 e. The fourth-order valence-corrected chi connectivity index (χ4v) is 4.67. The van der Waals surface area contributed by atoms with Crippen LogP contribution in [0.25, 0.3) is 22.8 Å². The van der Waals surface area contributed by atoms with Crippen LogP contribution in [0.5, 0.6) is 0 Å². The van der Waals surface area contributed by atoms with Crippen LogP contribution in [-0.2, 0) is 11.8 Å². The third kappa shape index (κ3) is 4.26. The third-order valence-electron chi connectivity index (χ3n) is 6.59. The molecule has 0 atom stereocenters. The average Bonchev–Trinajstić information content (AvgIpc) is 3.17. The summed E-state index contributed by atoms with van der Waals surface area (Å²) >= 11 is 0. The van der Waals surface area contributed by atoms with Gasteiger partial charge in [-0.15, -0.1) is 0 Å². The Kier molecular flexibility index (Phi) is 5.69. The van der Waals surface area contributed by atoms with E-state index in [1.54, 1.807) is 0 Å². The molecule has 4 rings (SSSR count). The molecule has 0 saturated heterocycles. The molecule has 0 aromatic heterocycles. The Morgan fingerprint density at radius 1 is 0.710 bits per heavy atom. The number of hydrogen-bond donors (Lipinski definition) is 0. The van der Waals surface area contributed by atoms with E-state index >= 15 is 0 Å². The van der Waals surface area contributed by atoms with Gasteiger partial charge in [0.1, 0.15) is 0 Å². The lowest BCUT2D eigenvalue weighted by Crippen LogP contribution is -2.14. The molecule has 0 aliphatic heterocycles. The van der Waals surface area contributed by atoms with Gasteiger partial charge in [-0.05, 0) is 79.8 Å². The van der Waals surface area contributed by atoms with Gasteiger partial charge in [-0.25, -0.2) is 0 Å². The zero-order valence-electron chi connectivity index (χ0n) is 20.2. The molecule has 0 unspecified atom stereocenters. The predicted octanol–water partition coefficient (Wildman–Crippen LogP) is 8.99. The van der Waals surface area contributed by atoms with E-state index in [9.17, 15) is 0 Å². The van der Waals surface area contributed by atoms with Crippen LogP contribution >= 0.6 is 0 Å². The fraction of sp³-hybridized carbons (Fsp3) is 0.355. The number of hydrogen-bond acceptors (Lipinski definition) is 0. The molecule has 0 heteroatoms. The summed E-state index contributed by atoms with van der Waals surface area (Å²) < 4.78 is 0. The van der Waals surface area contributed by atoms with Crippen molar-refractivity contribution in [3.05, 3.63) is 94.0 Å². The van der Waals surface area contributed by atoms with E-state index in [0.717, 1.165) is 6.42 Å². The summed E-state index contributed by atoms with van der Waals surface area (Å²) in [6, 6.07) is 22.9. The molecule has 31 heavy (non-hydrogen) atoms. The highest BCUT2D eigenvalue weighted by atomic mass is 14.3. The summed E-state index contributed by atoms with van der Waals surface area (Å²) in [6.45, 7) is 16.2. The maximum atomic E-state index is 2.45. The molecule has 0 saturated carbocycles. The van der Waals surface area contributed by atoms with Gasteiger partial charge in [-0.3, -0.25) is 0 Å². The minimum absolute atomic E-state index is 0.0829. The van der Waals surface area contributed by atoms with Crippen LogP contribution in [0.15, 0.2) is 60.7 Å². The molecule has 0 N–H and O–H groups in total. The van der Waals surface area contributed by atoms with Crippen LogP contribution in [0.3, 0.4) is 0 Å². The zero-order chi connectivity index (χ0) is 22.3. The van der Waals surface area contributed by atoms with Gasteiger partial charge in [0.05, 0.1) is 0 Å². The van der Waals surface area contributed by atoms with E-state index < -0.39 is 0 Å². The summed E-state index contributed by atoms with van der Waals surface area (Å²) in [4.78, 5) is 0. The number of fused-ring (bicyclic) bond motifs is 1. The Morgan fingerprint density at radius 3 is 1.87 bits per heavy atom. The van der Waals surface area contributed by atoms with E-state index in [2.05, 4.69) is 115 Å². The van der Waals surface area contributed by atoms with Crippen molar-refractivity contribution in [2.75, 3.05) is 0 Å². The monoisotopic (exact) mass is 408 g/mol. The van der Waals surface area contributed by atoms with Crippen molar-refractivity contribution in [1.29, 1.82) is 0 Å². The quantitative estimate of drug-likeness (QED) is 0.404. The molecule has 0 heterocycles. The van der Waals surface area contributed by atoms with E-state index in [4.69, 9.17) is 0 Å². The molecule has 0 radical (unpaired) electrons. The first-order valence-electron chi connectivity index (χ1n) is 11.7. The summed E-state index contributed by atoms with van der Waals surface area (Å²) in [5.41, 5.74) is 12.8. The van der Waals surface area contributed by atoms with Crippen LogP contribution in [0.1, 0.15) is 93.7 Å².